The third-order valence-corrected chi connectivity index (χ3v) is 7.23. The summed E-state index contributed by atoms with van der Waals surface area (Å²) in [6.45, 7) is 6.76. The van der Waals surface area contributed by atoms with Gasteiger partial charge in [-0.2, -0.15) is 4.31 Å². The lowest BCUT2D eigenvalue weighted by Crippen LogP contribution is -2.51. The molecule has 0 saturated carbocycles. The molecule has 1 aliphatic heterocycles. The SMILES string of the molecule is Cc1cc(C)c(S(=O)(=O)N2CC(n3cc(COc4ccccc4)nn3)C2)c(C)c1. The van der Waals surface area contributed by atoms with E-state index < -0.39 is 10.0 Å². The van der Waals surface area contributed by atoms with E-state index in [-0.39, 0.29) is 6.04 Å². The fourth-order valence-electron chi connectivity index (χ4n) is 3.71. The minimum absolute atomic E-state index is 0.0196. The second kappa shape index (κ2) is 7.61. The maximum Gasteiger partial charge on any atom is 0.243 e. The topological polar surface area (TPSA) is 77.3 Å². The number of rotatable bonds is 6. The van der Waals surface area contributed by atoms with Crippen molar-refractivity contribution in [1.82, 2.24) is 19.3 Å². The molecule has 1 aliphatic rings. The van der Waals surface area contributed by atoms with Crippen LogP contribution in [0.4, 0.5) is 0 Å². The molecule has 1 aromatic heterocycles. The number of benzene rings is 2. The second-order valence-electron chi connectivity index (χ2n) is 7.50. The highest BCUT2D eigenvalue weighted by Gasteiger charge is 2.39. The van der Waals surface area contributed by atoms with Crippen LogP contribution in [-0.2, 0) is 16.6 Å². The van der Waals surface area contributed by atoms with Gasteiger partial charge in [-0.25, -0.2) is 13.1 Å². The maximum atomic E-state index is 13.1. The Morgan fingerprint density at radius 1 is 1.07 bits per heavy atom. The van der Waals surface area contributed by atoms with E-state index >= 15 is 0 Å². The third-order valence-electron chi connectivity index (χ3n) is 5.09. The predicted octanol–water partition coefficient (Wildman–Crippen LogP) is 3.03. The molecule has 0 bridgehead atoms. The second-order valence-corrected chi connectivity index (χ2v) is 9.37. The monoisotopic (exact) mass is 412 g/mol. The third kappa shape index (κ3) is 3.90. The molecule has 1 saturated heterocycles. The predicted molar refractivity (Wildman–Crippen MR) is 109 cm³/mol. The van der Waals surface area contributed by atoms with Crippen molar-refractivity contribution < 1.29 is 13.2 Å². The molecular formula is C21H24N4O3S. The molecular weight excluding hydrogens is 388 g/mol. The highest BCUT2D eigenvalue weighted by atomic mass is 32.2. The van der Waals surface area contributed by atoms with Gasteiger partial charge in [-0.15, -0.1) is 5.10 Å². The van der Waals surface area contributed by atoms with Gasteiger partial charge in [0.15, 0.2) is 0 Å². The van der Waals surface area contributed by atoms with E-state index in [2.05, 4.69) is 10.3 Å². The summed E-state index contributed by atoms with van der Waals surface area (Å²) in [5, 5.41) is 8.29. The Bertz CT molecular complexity index is 1100. The van der Waals surface area contributed by atoms with E-state index in [1.54, 1.807) is 4.68 Å². The lowest BCUT2D eigenvalue weighted by molar-refractivity contribution is 0.188. The van der Waals surface area contributed by atoms with Crippen molar-refractivity contribution in [3.8, 4) is 5.75 Å². The van der Waals surface area contributed by atoms with Crippen molar-refractivity contribution in [3.63, 3.8) is 0 Å². The van der Waals surface area contributed by atoms with E-state index in [0.717, 1.165) is 22.4 Å². The van der Waals surface area contributed by atoms with Gasteiger partial charge >= 0.3 is 0 Å². The average molecular weight is 413 g/mol. The Morgan fingerprint density at radius 3 is 2.38 bits per heavy atom. The molecule has 0 aliphatic carbocycles. The van der Waals surface area contributed by atoms with Crippen molar-refractivity contribution in [2.45, 2.75) is 38.3 Å². The number of aryl methyl sites for hydroxylation is 3. The van der Waals surface area contributed by atoms with Gasteiger partial charge in [0.25, 0.3) is 0 Å². The van der Waals surface area contributed by atoms with Crippen LogP contribution in [0.25, 0.3) is 0 Å². The molecule has 0 unspecified atom stereocenters. The maximum absolute atomic E-state index is 13.1. The van der Waals surface area contributed by atoms with Gasteiger partial charge in [0.1, 0.15) is 18.1 Å². The number of sulfonamides is 1. The Kier molecular flexibility index (Phi) is 5.14. The number of ether oxygens (including phenoxy) is 1. The van der Waals surface area contributed by atoms with E-state index in [1.807, 2.05) is 69.4 Å². The number of aromatic nitrogens is 3. The highest BCUT2D eigenvalue weighted by molar-refractivity contribution is 7.89. The summed E-state index contributed by atoms with van der Waals surface area (Å²) < 4.78 is 35.1. The summed E-state index contributed by atoms with van der Waals surface area (Å²) >= 11 is 0. The van der Waals surface area contributed by atoms with Gasteiger partial charge in [-0.05, 0) is 44.0 Å². The first-order valence-corrected chi connectivity index (χ1v) is 10.9. The van der Waals surface area contributed by atoms with Crippen molar-refractivity contribution in [1.29, 1.82) is 0 Å². The first-order valence-electron chi connectivity index (χ1n) is 9.51. The normalized spacial score (nSPS) is 15.3. The summed E-state index contributed by atoms with van der Waals surface area (Å²) in [6.07, 6.45) is 1.82. The molecule has 0 amide bonds. The molecule has 3 aromatic rings. The lowest BCUT2D eigenvalue weighted by atomic mass is 10.1. The first kappa shape index (κ1) is 19.6. The van der Waals surface area contributed by atoms with Crippen LogP contribution in [0.5, 0.6) is 5.75 Å². The van der Waals surface area contributed by atoms with Crippen LogP contribution >= 0.6 is 0 Å². The van der Waals surface area contributed by atoms with Crippen LogP contribution in [0.15, 0.2) is 53.6 Å². The Hall–Kier alpha value is -2.71. The van der Waals surface area contributed by atoms with Gasteiger partial charge in [-0.1, -0.05) is 41.1 Å². The average Bonchev–Trinajstić information content (AvgIpc) is 3.06. The van der Waals surface area contributed by atoms with Crippen molar-refractivity contribution >= 4 is 10.0 Å². The van der Waals surface area contributed by atoms with Gasteiger partial charge in [0.05, 0.1) is 17.1 Å². The molecule has 0 spiro atoms. The molecule has 1 fully saturated rings. The molecule has 2 heterocycles. The van der Waals surface area contributed by atoms with E-state index in [4.69, 9.17) is 4.74 Å². The fraction of sp³-hybridized carbons (Fsp3) is 0.333. The van der Waals surface area contributed by atoms with Crippen LogP contribution < -0.4 is 4.74 Å². The van der Waals surface area contributed by atoms with Gasteiger partial charge in [-0.3, -0.25) is 0 Å². The van der Waals surface area contributed by atoms with E-state index in [0.29, 0.717) is 30.3 Å². The molecule has 0 radical (unpaired) electrons. The number of hydrogen-bond acceptors (Lipinski definition) is 5. The van der Waals surface area contributed by atoms with Crippen LogP contribution in [0, 0.1) is 20.8 Å². The summed E-state index contributed by atoms with van der Waals surface area (Å²) in [5.41, 5.74) is 3.34. The molecule has 0 atom stereocenters. The molecule has 2 aromatic carbocycles. The van der Waals surface area contributed by atoms with E-state index in [1.165, 1.54) is 4.31 Å². The molecule has 152 valence electrons. The molecule has 4 rings (SSSR count). The molecule has 0 N–H and O–H groups in total. The van der Waals surface area contributed by atoms with Gasteiger partial charge < -0.3 is 4.74 Å². The van der Waals surface area contributed by atoms with Crippen molar-refractivity contribution in [2.75, 3.05) is 13.1 Å². The standard InChI is InChI=1S/C21H24N4O3S/c1-15-9-16(2)21(17(3)10-15)29(26,27)24-12-19(13-24)25-11-18(22-23-25)14-28-20-7-5-4-6-8-20/h4-11,19H,12-14H2,1-3H3. The number of nitrogens with zero attached hydrogens (tertiary/aromatic N) is 4. The van der Waals surface area contributed by atoms with Crippen LogP contribution in [0.3, 0.4) is 0 Å². The Morgan fingerprint density at radius 2 is 1.72 bits per heavy atom. The highest BCUT2D eigenvalue weighted by Crippen LogP contribution is 2.31. The number of hydrogen-bond donors (Lipinski definition) is 0. The smallest absolute Gasteiger partial charge is 0.243 e. The first-order chi connectivity index (χ1) is 13.8. The summed E-state index contributed by atoms with van der Waals surface area (Å²) in [5.74, 6) is 0.770. The van der Waals surface area contributed by atoms with E-state index in [9.17, 15) is 8.42 Å². The number of para-hydroxylation sites is 1. The molecule has 29 heavy (non-hydrogen) atoms. The quantitative estimate of drug-likeness (QED) is 0.622. The summed E-state index contributed by atoms with van der Waals surface area (Å²) in [4.78, 5) is 0.414. The zero-order chi connectivity index (χ0) is 20.6. The molecule has 8 heteroatoms. The zero-order valence-corrected chi connectivity index (χ0v) is 17.6. The lowest BCUT2D eigenvalue weighted by Gasteiger charge is -2.38. The fourth-order valence-corrected chi connectivity index (χ4v) is 5.64. The minimum Gasteiger partial charge on any atom is -0.487 e. The molecule has 7 nitrogen and oxygen atoms in total. The van der Waals surface area contributed by atoms with Gasteiger partial charge in [0, 0.05) is 13.1 Å². The Labute approximate surface area is 171 Å². The Balaban J connectivity index is 1.41. The van der Waals surface area contributed by atoms with Crippen LogP contribution in [0.1, 0.15) is 28.4 Å². The zero-order valence-electron chi connectivity index (χ0n) is 16.7. The van der Waals surface area contributed by atoms with Crippen molar-refractivity contribution in [2.24, 2.45) is 0 Å². The van der Waals surface area contributed by atoms with Crippen LogP contribution in [0.2, 0.25) is 0 Å². The summed E-state index contributed by atoms with van der Waals surface area (Å²) in [6, 6.07) is 13.3. The van der Waals surface area contributed by atoms with Crippen molar-refractivity contribution in [3.05, 3.63) is 71.0 Å². The largest absolute Gasteiger partial charge is 0.487 e. The summed E-state index contributed by atoms with van der Waals surface area (Å²) in [7, 11) is -3.51. The van der Waals surface area contributed by atoms with Crippen LogP contribution in [-0.4, -0.2) is 40.8 Å². The van der Waals surface area contributed by atoms with Gasteiger partial charge in [0.2, 0.25) is 10.0 Å². The minimum atomic E-state index is -3.51.